The molecule has 3 heteroatoms. The predicted octanol–water partition coefficient (Wildman–Crippen LogP) is 2.08. The molecule has 0 unspecified atom stereocenters. The zero-order chi connectivity index (χ0) is 9.40. The van der Waals surface area contributed by atoms with Gasteiger partial charge in [-0.2, -0.15) is 5.10 Å². The Bertz CT molecular complexity index is 164. The van der Waals surface area contributed by atoms with Crippen molar-refractivity contribution in [2.24, 2.45) is 5.10 Å². The summed E-state index contributed by atoms with van der Waals surface area (Å²) in [7, 11) is 0. The summed E-state index contributed by atoms with van der Waals surface area (Å²) in [5.74, 6) is 0.0182. The van der Waals surface area contributed by atoms with E-state index in [1.54, 1.807) is 0 Å². The van der Waals surface area contributed by atoms with Crippen molar-refractivity contribution < 1.29 is 4.79 Å². The van der Waals surface area contributed by atoms with Crippen LogP contribution in [0.15, 0.2) is 5.10 Å². The molecule has 0 aromatic rings. The number of nitrogens with one attached hydrogen (secondary N) is 1. The van der Waals surface area contributed by atoms with Crippen molar-refractivity contribution in [1.82, 2.24) is 5.43 Å². The average Bonchev–Trinajstić information content (AvgIpc) is 2.10. The van der Waals surface area contributed by atoms with Crippen LogP contribution in [0.3, 0.4) is 0 Å². The second kappa shape index (κ2) is 6.83. The molecule has 0 rings (SSSR count). The van der Waals surface area contributed by atoms with E-state index in [9.17, 15) is 4.79 Å². The first-order valence-corrected chi connectivity index (χ1v) is 4.52. The molecule has 0 saturated heterocycles. The highest BCUT2D eigenvalue weighted by Gasteiger charge is 1.97. The van der Waals surface area contributed by atoms with E-state index in [-0.39, 0.29) is 5.91 Å². The van der Waals surface area contributed by atoms with Gasteiger partial charge in [-0.3, -0.25) is 4.79 Å². The van der Waals surface area contributed by atoms with Crippen LogP contribution in [0.1, 0.15) is 46.5 Å². The summed E-state index contributed by atoms with van der Waals surface area (Å²) < 4.78 is 0. The second-order valence-corrected chi connectivity index (χ2v) is 2.84. The number of hydrogen-bond donors (Lipinski definition) is 1. The van der Waals surface area contributed by atoms with E-state index in [1.807, 2.05) is 13.8 Å². The topological polar surface area (TPSA) is 41.5 Å². The highest BCUT2D eigenvalue weighted by molar-refractivity contribution is 5.84. The van der Waals surface area contributed by atoms with Gasteiger partial charge in [0.25, 0.3) is 0 Å². The van der Waals surface area contributed by atoms with Gasteiger partial charge in [-0.1, -0.05) is 20.3 Å². The second-order valence-electron chi connectivity index (χ2n) is 2.84. The van der Waals surface area contributed by atoms with Crippen molar-refractivity contribution in [3.8, 4) is 0 Å². The first-order chi connectivity index (χ1) is 5.70. The van der Waals surface area contributed by atoms with Gasteiger partial charge in [0.05, 0.1) is 0 Å². The molecule has 0 aliphatic heterocycles. The summed E-state index contributed by atoms with van der Waals surface area (Å²) in [4.78, 5) is 11.0. The van der Waals surface area contributed by atoms with Crippen molar-refractivity contribution in [1.29, 1.82) is 0 Å². The third-order valence-corrected chi connectivity index (χ3v) is 1.64. The quantitative estimate of drug-likeness (QED) is 0.498. The molecule has 0 aromatic heterocycles. The predicted molar refractivity (Wildman–Crippen MR) is 51.1 cm³/mol. The van der Waals surface area contributed by atoms with Crippen molar-refractivity contribution >= 4 is 11.6 Å². The molecule has 12 heavy (non-hydrogen) atoms. The largest absolute Gasteiger partial charge is 0.273 e. The number of amides is 1. The monoisotopic (exact) mass is 170 g/mol. The van der Waals surface area contributed by atoms with E-state index in [4.69, 9.17) is 0 Å². The van der Waals surface area contributed by atoms with Crippen molar-refractivity contribution in [2.75, 3.05) is 0 Å². The highest BCUT2D eigenvalue weighted by Crippen LogP contribution is 1.93. The minimum absolute atomic E-state index is 0.0182. The fourth-order valence-electron chi connectivity index (χ4n) is 0.630. The lowest BCUT2D eigenvalue weighted by Crippen LogP contribution is -2.18. The SMILES string of the molecule is CCCCC(=O)N/N=C(\C)CC. The lowest BCUT2D eigenvalue weighted by molar-refractivity contribution is -0.121. The van der Waals surface area contributed by atoms with Crippen molar-refractivity contribution in [3.05, 3.63) is 0 Å². The Labute approximate surface area is 74.2 Å². The van der Waals surface area contributed by atoms with Crippen LogP contribution in [0, 0.1) is 0 Å². The lowest BCUT2D eigenvalue weighted by Gasteiger charge is -1.99. The molecule has 0 fully saturated rings. The summed E-state index contributed by atoms with van der Waals surface area (Å²) in [5.41, 5.74) is 3.48. The Morgan fingerprint density at radius 2 is 2.08 bits per heavy atom. The van der Waals surface area contributed by atoms with Gasteiger partial charge >= 0.3 is 0 Å². The normalized spacial score (nSPS) is 11.4. The maximum Gasteiger partial charge on any atom is 0.240 e. The molecule has 0 saturated carbocycles. The minimum Gasteiger partial charge on any atom is -0.273 e. The van der Waals surface area contributed by atoms with E-state index in [0.717, 1.165) is 25.0 Å². The molecule has 0 bridgehead atoms. The average molecular weight is 170 g/mol. The lowest BCUT2D eigenvalue weighted by atomic mass is 10.2. The molecular formula is C9H18N2O. The van der Waals surface area contributed by atoms with E-state index in [1.165, 1.54) is 0 Å². The molecule has 1 amide bonds. The zero-order valence-corrected chi connectivity index (χ0v) is 8.18. The van der Waals surface area contributed by atoms with Crippen LogP contribution < -0.4 is 5.43 Å². The van der Waals surface area contributed by atoms with Crippen LogP contribution in [0.25, 0.3) is 0 Å². The Kier molecular flexibility index (Phi) is 6.34. The van der Waals surface area contributed by atoms with E-state index < -0.39 is 0 Å². The van der Waals surface area contributed by atoms with Crippen LogP contribution >= 0.6 is 0 Å². The summed E-state index contributed by atoms with van der Waals surface area (Å²) in [6, 6.07) is 0. The first-order valence-electron chi connectivity index (χ1n) is 4.52. The van der Waals surface area contributed by atoms with Crippen LogP contribution in [-0.2, 0) is 4.79 Å². The summed E-state index contributed by atoms with van der Waals surface area (Å²) in [5, 5.41) is 3.91. The van der Waals surface area contributed by atoms with Crippen LogP contribution in [-0.4, -0.2) is 11.6 Å². The molecule has 3 nitrogen and oxygen atoms in total. The van der Waals surface area contributed by atoms with Gasteiger partial charge in [-0.25, -0.2) is 5.43 Å². The number of unbranched alkanes of at least 4 members (excludes halogenated alkanes) is 1. The van der Waals surface area contributed by atoms with Crippen LogP contribution in [0.2, 0.25) is 0 Å². The Morgan fingerprint density at radius 3 is 2.58 bits per heavy atom. The molecule has 0 spiro atoms. The number of hydrogen-bond acceptors (Lipinski definition) is 2. The minimum atomic E-state index is 0.0182. The Balaban J connectivity index is 3.56. The van der Waals surface area contributed by atoms with Gasteiger partial charge in [-0.15, -0.1) is 0 Å². The Hall–Kier alpha value is -0.860. The summed E-state index contributed by atoms with van der Waals surface area (Å²) in [6.45, 7) is 5.98. The maximum atomic E-state index is 11.0. The van der Waals surface area contributed by atoms with Crippen molar-refractivity contribution in [2.45, 2.75) is 46.5 Å². The van der Waals surface area contributed by atoms with E-state index >= 15 is 0 Å². The molecule has 70 valence electrons. The summed E-state index contributed by atoms with van der Waals surface area (Å²) >= 11 is 0. The Morgan fingerprint density at radius 1 is 1.42 bits per heavy atom. The third kappa shape index (κ3) is 5.89. The fourth-order valence-corrected chi connectivity index (χ4v) is 0.630. The summed E-state index contributed by atoms with van der Waals surface area (Å²) in [6.07, 6.45) is 3.45. The standard InChI is InChI=1S/C9H18N2O/c1-4-6-7-9(12)11-10-8(3)5-2/h4-7H2,1-3H3,(H,11,12)/b10-8+. The number of rotatable bonds is 5. The van der Waals surface area contributed by atoms with Gasteiger partial charge < -0.3 is 0 Å². The van der Waals surface area contributed by atoms with Gasteiger partial charge in [-0.05, 0) is 19.8 Å². The van der Waals surface area contributed by atoms with E-state index in [2.05, 4.69) is 17.5 Å². The molecule has 0 aliphatic carbocycles. The first kappa shape index (κ1) is 11.1. The number of carbonyl (C=O) groups is 1. The smallest absolute Gasteiger partial charge is 0.240 e. The molecule has 0 atom stereocenters. The van der Waals surface area contributed by atoms with Crippen LogP contribution in [0.5, 0.6) is 0 Å². The van der Waals surface area contributed by atoms with Crippen molar-refractivity contribution in [3.63, 3.8) is 0 Å². The fraction of sp³-hybridized carbons (Fsp3) is 0.778. The highest BCUT2D eigenvalue weighted by atomic mass is 16.2. The van der Waals surface area contributed by atoms with Gasteiger partial charge in [0.15, 0.2) is 0 Å². The molecule has 0 aromatic carbocycles. The molecule has 1 N–H and O–H groups in total. The molecule has 0 heterocycles. The van der Waals surface area contributed by atoms with Gasteiger partial charge in [0, 0.05) is 12.1 Å². The number of hydrazone groups is 1. The van der Waals surface area contributed by atoms with E-state index in [0.29, 0.717) is 6.42 Å². The van der Waals surface area contributed by atoms with Crippen LogP contribution in [0.4, 0.5) is 0 Å². The number of nitrogens with zero attached hydrogens (tertiary/aromatic N) is 1. The van der Waals surface area contributed by atoms with Gasteiger partial charge in [0.2, 0.25) is 5.91 Å². The zero-order valence-electron chi connectivity index (χ0n) is 8.18. The maximum absolute atomic E-state index is 11.0. The molecular weight excluding hydrogens is 152 g/mol. The number of carbonyl (C=O) groups excluding carboxylic acids is 1. The van der Waals surface area contributed by atoms with Gasteiger partial charge in [0.1, 0.15) is 0 Å². The molecule has 0 radical (unpaired) electrons. The third-order valence-electron chi connectivity index (χ3n) is 1.64. The molecule has 0 aliphatic rings.